The van der Waals surface area contributed by atoms with E-state index in [4.69, 9.17) is 0 Å². The topological polar surface area (TPSA) is 88.2 Å². The van der Waals surface area contributed by atoms with Gasteiger partial charge in [-0.2, -0.15) is 0 Å². The highest BCUT2D eigenvalue weighted by Crippen LogP contribution is 2.12. The minimum Gasteiger partial charge on any atom is -0.370 e. The van der Waals surface area contributed by atoms with Gasteiger partial charge in [0.05, 0.1) is 4.90 Å². The fourth-order valence-electron chi connectivity index (χ4n) is 1.33. The van der Waals surface area contributed by atoms with Crippen LogP contribution in [0.1, 0.15) is 13.3 Å². The molecule has 1 heterocycles. The second-order valence-corrected chi connectivity index (χ2v) is 7.30. The number of rotatable bonds is 8. The van der Waals surface area contributed by atoms with Crippen LogP contribution in [-0.4, -0.2) is 42.7 Å². The summed E-state index contributed by atoms with van der Waals surface area (Å²) in [6, 6.07) is 2.92. The number of hydrogen-bond donors (Lipinski definition) is 2. The largest absolute Gasteiger partial charge is 0.370 e. The van der Waals surface area contributed by atoms with Crippen LogP contribution in [0.3, 0.4) is 0 Å². The van der Waals surface area contributed by atoms with Gasteiger partial charge in [0, 0.05) is 48.2 Å². The molecule has 0 bridgehead atoms. The van der Waals surface area contributed by atoms with Gasteiger partial charge in [0.25, 0.3) is 0 Å². The van der Waals surface area contributed by atoms with Crippen molar-refractivity contribution < 1.29 is 12.6 Å². The molecule has 0 spiro atoms. The van der Waals surface area contributed by atoms with Crippen molar-refractivity contribution in [3.8, 4) is 0 Å². The first kappa shape index (κ1) is 16.1. The van der Waals surface area contributed by atoms with E-state index in [-0.39, 0.29) is 11.4 Å². The molecule has 1 unspecified atom stereocenters. The fourth-order valence-corrected chi connectivity index (χ4v) is 2.89. The molecule has 0 saturated heterocycles. The maximum atomic E-state index is 12.0. The Hall–Kier alpha value is -0.990. The van der Waals surface area contributed by atoms with E-state index in [1.807, 2.05) is 6.92 Å². The minimum atomic E-state index is -3.57. The smallest absolute Gasteiger partial charge is 0.240 e. The van der Waals surface area contributed by atoms with Crippen molar-refractivity contribution in [2.75, 3.05) is 30.4 Å². The van der Waals surface area contributed by atoms with Gasteiger partial charge in [-0.05, 0) is 12.5 Å². The van der Waals surface area contributed by atoms with Crippen LogP contribution in [-0.2, 0) is 20.8 Å². The molecule has 0 fully saturated rings. The third kappa shape index (κ3) is 5.66. The Bertz CT molecular complexity index is 532. The monoisotopic (exact) mass is 305 g/mol. The van der Waals surface area contributed by atoms with E-state index >= 15 is 0 Å². The summed E-state index contributed by atoms with van der Waals surface area (Å²) in [4.78, 5) is 4.20. The summed E-state index contributed by atoms with van der Waals surface area (Å²) >= 11 is 0. The van der Waals surface area contributed by atoms with Crippen molar-refractivity contribution in [2.45, 2.75) is 18.2 Å². The normalized spacial score (nSPS) is 13.2. The maximum absolute atomic E-state index is 12.0. The second-order valence-electron chi connectivity index (χ2n) is 3.98. The Morgan fingerprint density at radius 3 is 2.74 bits per heavy atom. The van der Waals surface area contributed by atoms with Gasteiger partial charge in [0.15, 0.2) is 0 Å². The molecule has 1 atom stereocenters. The predicted molar refractivity (Wildman–Crippen MR) is 77.1 cm³/mol. The number of aromatic nitrogens is 1. The fraction of sp³-hybridized carbons (Fsp3) is 0.545. The summed E-state index contributed by atoms with van der Waals surface area (Å²) in [6.45, 7) is 2.91. The SMILES string of the molecule is CCCNc1cc(S(=O)(=O)NCCS(C)=O)ccn1. The van der Waals surface area contributed by atoms with Crippen molar-refractivity contribution in [2.24, 2.45) is 0 Å². The average molecular weight is 305 g/mol. The van der Waals surface area contributed by atoms with Gasteiger partial charge in [0.1, 0.15) is 5.82 Å². The number of anilines is 1. The van der Waals surface area contributed by atoms with Crippen molar-refractivity contribution >= 4 is 26.6 Å². The molecule has 0 aromatic carbocycles. The van der Waals surface area contributed by atoms with E-state index in [1.54, 1.807) is 0 Å². The van der Waals surface area contributed by atoms with Crippen LogP contribution in [0.5, 0.6) is 0 Å². The Morgan fingerprint density at radius 2 is 2.11 bits per heavy atom. The van der Waals surface area contributed by atoms with Crippen LogP contribution in [0.2, 0.25) is 0 Å². The highest BCUT2D eigenvalue weighted by Gasteiger charge is 2.14. The van der Waals surface area contributed by atoms with Crippen molar-refractivity contribution in [1.29, 1.82) is 0 Å². The van der Waals surface area contributed by atoms with Crippen LogP contribution in [0, 0.1) is 0 Å². The van der Waals surface area contributed by atoms with E-state index in [1.165, 1.54) is 24.6 Å². The molecular formula is C11H19N3O3S2. The number of nitrogens with one attached hydrogen (secondary N) is 2. The number of hydrogen-bond acceptors (Lipinski definition) is 5. The van der Waals surface area contributed by atoms with Gasteiger partial charge < -0.3 is 5.32 Å². The average Bonchev–Trinajstić information content (AvgIpc) is 2.36. The molecule has 2 N–H and O–H groups in total. The third-order valence-electron chi connectivity index (χ3n) is 2.28. The van der Waals surface area contributed by atoms with Gasteiger partial charge >= 0.3 is 0 Å². The molecule has 0 radical (unpaired) electrons. The summed E-state index contributed by atoms with van der Waals surface area (Å²) in [6.07, 6.45) is 3.91. The van der Waals surface area contributed by atoms with Gasteiger partial charge in [-0.15, -0.1) is 0 Å². The molecular weight excluding hydrogens is 286 g/mol. The number of nitrogens with zero attached hydrogens (tertiary/aromatic N) is 1. The maximum Gasteiger partial charge on any atom is 0.240 e. The molecule has 1 rings (SSSR count). The molecule has 108 valence electrons. The highest BCUT2D eigenvalue weighted by molar-refractivity contribution is 7.89. The van der Waals surface area contributed by atoms with E-state index in [0.717, 1.165) is 13.0 Å². The predicted octanol–water partition coefficient (Wildman–Crippen LogP) is 0.560. The van der Waals surface area contributed by atoms with Gasteiger partial charge in [-0.3, -0.25) is 4.21 Å². The first-order chi connectivity index (χ1) is 8.95. The lowest BCUT2D eigenvalue weighted by Crippen LogP contribution is -2.27. The molecule has 0 aliphatic heterocycles. The van der Waals surface area contributed by atoms with E-state index in [9.17, 15) is 12.6 Å². The van der Waals surface area contributed by atoms with Gasteiger partial charge in [0.2, 0.25) is 10.0 Å². The first-order valence-electron chi connectivity index (χ1n) is 5.95. The van der Waals surface area contributed by atoms with E-state index in [2.05, 4.69) is 15.0 Å². The van der Waals surface area contributed by atoms with Crippen LogP contribution in [0.15, 0.2) is 23.2 Å². The van der Waals surface area contributed by atoms with Crippen LogP contribution in [0.4, 0.5) is 5.82 Å². The van der Waals surface area contributed by atoms with Crippen molar-refractivity contribution in [1.82, 2.24) is 9.71 Å². The lowest BCUT2D eigenvalue weighted by atomic mass is 10.4. The zero-order valence-electron chi connectivity index (χ0n) is 11.0. The summed E-state index contributed by atoms with van der Waals surface area (Å²) < 4.78 is 37.3. The zero-order valence-corrected chi connectivity index (χ0v) is 12.7. The van der Waals surface area contributed by atoms with Crippen molar-refractivity contribution in [3.63, 3.8) is 0 Å². The van der Waals surface area contributed by atoms with Gasteiger partial charge in [-0.25, -0.2) is 18.1 Å². The van der Waals surface area contributed by atoms with Crippen molar-refractivity contribution in [3.05, 3.63) is 18.3 Å². The summed E-state index contributed by atoms with van der Waals surface area (Å²) in [5.74, 6) is 0.828. The quantitative estimate of drug-likeness (QED) is 0.733. The minimum absolute atomic E-state index is 0.156. The molecule has 6 nitrogen and oxygen atoms in total. The van der Waals surface area contributed by atoms with E-state index in [0.29, 0.717) is 11.6 Å². The van der Waals surface area contributed by atoms with Crippen LogP contribution < -0.4 is 10.0 Å². The Labute approximate surface area is 116 Å². The molecule has 8 heteroatoms. The number of sulfonamides is 1. The first-order valence-corrected chi connectivity index (χ1v) is 9.16. The number of pyridine rings is 1. The van der Waals surface area contributed by atoms with Crippen LogP contribution >= 0.6 is 0 Å². The summed E-state index contributed by atoms with van der Waals surface area (Å²) in [5, 5.41) is 3.03. The molecule has 0 saturated carbocycles. The Morgan fingerprint density at radius 1 is 1.37 bits per heavy atom. The second kappa shape index (κ2) is 7.56. The Balaban J connectivity index is 2.74. The highest BCUT2D eigenvalue weighted by atomic mass is 32.2. The standard InChI is InChI=1S/C11H19N3O3S2/c1-3-5-12-11-9-10(4-6-13-11)19(16,17)14-7-8-18(2)15/h4,6,9,14H,3,5,7-8H2,1-2H3,(H,12,13). The summed E-state index contributed by atoms with van der Waals surface area (Å²) in [7, 11) is -4.58. The molecule has 0 amide bonds. The zero-order chi connectivity index (χ0) is 14.3. The van der Waals surface area contributed by atoms with E-state index < -0.39 is 20.8 Å². The lowest BCUT2D eigenvalue weighted by Gasteiger charge is -2.08. The third-order valence-corrected chi connectivity index (χ3v) is 4.52. The summed E-state index contributed by atoms with van der Waals surface area (Å²) in [5.41, 5.74) is 0. The molecule has 19 heavy (non-hydrogen) atoms. The van der Waals surface area contributed by atoms with Crippen LogP contribution in [0.25, 0.3) is 0 Å². The molecule has 0 aliphatic rings. The lowest BCUT2D eigenvalue weighted by molar-refractivity contribution is 0.584. The molecule has 1 aromatic heterocycles. The van der Waals surface area contributed by atoms with Gasteiger partial charge in [-0.1, -0.05) is 6.92 Å². The molecule has 1 aromatic rings. The molecule has 0 aliphatic carbocycles. The Kier molecular flexibility index (Phi) is 6.40.